The largest absolute Gasteiger partial charge is 0.350 e. The molecule has 0 radical (unpaired) electrons. The summed E-state index contributed by atoms with van der Waals surface area (Å²) in [5.41, 5.74) is 3.95. The summed E-state index contributed by atoms with van der Waals surface area (Å²) in [6.07, 6.45) is 1.10. The highest BCUT2D eigenvalue weighted by Gasteiger charge is 2.44. The second-order valence-electron chi connectivity index (χ2n) is 6.82. The standard InChI is InChI=1S/C17H20ClN3O/c1-10-3-4-12-13(14(10)18)11(2)15(20-12)16(22)21-6-5-17(9-21)7-19-8-17/h3-4,19-20H,5-9H2,1-2H3. The molecule has 22 heavy (non-hydrogen) atoms. The van der Waals surface area contributed by atoms with Crippen LogP contribution < -0.4 is 5.32 Å². The van der Waals surface area contributed by atoms with Crippen LogP contribution in [-0.2, 0) is 0 Å². The van der Waals surface area contributed by atoms with Crippen molar-refractivity contribution in [3.05, 3.63) is 34.0 Å². The van der Waals surface area contributed by atoms with Gasteiger partial charge < -0.3 is 15.2 Å². The van der Waals surface area contributed by atoms with Crippen LogP contribution in [0.25, 0.3) is 10.9 Å². The van der Waals surface area contributed by atoms with Crippen LogP contribution in [0, 0.1) is 19.3 Å². The highest BCUT2D eigenvalue weighted by atomic mass is 35.5. The summed E-state index contributed by atoms with van der Waals surface area (Å²) in [5, 5.41) is 5.04. The predicted octanol–water partition coefficient (Wildman–Crippen LogP) is 2.87. The number of aromatic nitrogens is 1. The molecule has 2 aromatic rings. The van der Waals surface area contributed by atoms with Crippen LogP contribution in [0.5, 0.6) is 0 Å². The molecule has 5 heteroatoms. The van der Waals surface area contributed by atoms with Crippen LogP contribution in [0.2, 0.25) is 5.02 Å². The maximum Gasteiger partial charge on any atom is 0.270 e. The number of benzene rings is 1. The van der Waals surface area contributed by atoms with Crippen LogP contribution in [0.3, 0.4) is 0 Å². The van der Waals surface area contributed by atoms with Crippen molar-refractivity contribution in [2.24, 2.45) is 5.41 Å². The number of likely N-dealkylation sites (tertiary alicyclic amines) is 1. The van der Waals surface area contributed by atoms with E-state index >= 15 is 0 Å². The number of H-pyrrole nitrogens is 1. The fraction of sp³-hybridized carbons (Fsp3) is 0.471. The van der Waals surface area contributed by atoms with Gasteiger partial charge >= 0.3 is 0 Å². The molecule has 116 valence electrons. The van der Waals surface area contributed by atoms with Gasteiger partial charge in [-0.2, -0.15) is 0 Å². The van der Waals surface area contributed by atoms with Gasteiger partial charge in [-0.15, -0.1) is 0 Å². The highest BCUT2D eigenvalue weighted by Crippen LogP contribution is 2.36. The number of halogens is 1. The summed E-state index contributed by atoms with van der Waals surface area (Å²) in [7, 11) is 0. The van der Waals surface area contributed by atoms with Crippen molar-refractivity contribution < 1.29 is 4.79 Å². The fourth-order valence-corrected chi connectivity index (χ4v) is 4.06. The van der Waals surface area contributed by atoms with Crippen LogP contribution in [0.1, 0.15) is 28.0 Å². The van der Waals surface area contributed by atoms with Gasteiger partial charge in [-0.1, -0.05) is 17.7 Å². The molecule has 0 aliphatic carbocycles. The lowest BCUT2D eigenvalue weighted by atomic mass is 9.81. The molecule has 1 amide bonds. The van der Waals surface area contributed by atoms with E-state index in [2.05, 4.69) is 10.3 Å². The van der Waals surface area contributed by atoms with E-state index in [1.165, 1.54) is 0 Å². The Balaban J connectivity index is 1.70. The first-order valence-electron chi connectivity index (χ1n) is 7.78. The molecule has 0 unspecified atom stereocenters. The van der Waals surface area contributed by atoms with Gasteiger partial charge in [-0.25, -0.2) is 0 Å². The molecule has 2 aliphatic rings. The number of aromatic amines is 1. The molecule has 4 nitrogen and oxygen atoms in total. The molecule has 1 spiro atoms. The normalized spacial score (nSPS) is 19.9. The Labute approximate surface area is 134 Å². The smallest absolute Gasteiger partial charge is 0.270 e. The Morgan fingerprint density at radius 1 is 1.32 bits per heavy atom. The van der Waals surface area contributed by atoms with Crippen molar-refractivity contribution in [3.8, 4) is 0 Å². The maximum absolute atomic E-state index is 12.9. The number of nitrogens with zero attached hydrogens (tertiary/aromatic N) is 1. The number of carbonyl (C=O) groups excluding carboxylic acids is 1. The summed E-state index contributed by atoms with van der Waals surface area (Å²) in [4.78, 5) is 18.2. The zero-order valence-corrected chi connectivity index (χ0v) is 13.7. The van der Waals surface area contributed by atoms with Gasteiger partial charge in [0.15, 0.2) is 0 Å². The van der Waals surface area contributed by atoms with E-state index in [1.54, 1.807) is 0 Å². The molecule has 2 fully saturated rings. The Morgan fingerprint density at radius 2 is 2.09 bits per heavy atom. The number of hydrogen-bond acceptors (Lipinski definition) is 2. The number of hydrogen-bond donors (Lipinski definition) is 2. The minimum absolute atomic E-state index is 0.103. The molecule has 3 heterocycles. The summed E-state index contributed by atoms with van der Waals surface area (Å²) < 4.78 is 0. The van der Waals surface area contributed by atoms with Gasteiger partial charge in [0.1, 0.15) is 5.69 Å². The van der Waals surface area contributed by atoms with E-state index in [9.17, 15) is 4.79 Å². The Morgan fingerprint density at radius 3 is 2.73 bits per heavy atom. The molecule has 2 aliphatic heterocycles. The number of aryl methyl sites for hydroxylation is 2. The predicted molar refractivity (Wildman–Crippen MR) is 88.6 cm³/mol. The van der Waals surface area contributed by atoms with Gasteiger partial charge in [0.05, 0.1) is 5.02 Å². The average Bonchev–Trinajstić information content (AvgIpc) is 3.05. The third-order valence-corrected chi connectivity index (χ3v) is 5.77. The van der Waals surface area contributed by atoms with E-state index < -0.39 is 0 Å². The van der Waals surface area contributed by atoms with Gasteiger partial charge in [0.2, 0.25) is 0 Å². The summed E-state index contributed by atoms with van der Waals surface area (Å²) >= 11 is 6.43. The first kappa shape index (κ1) is 14.1. The van der Waals surface area contributed by atoms with Gasteiger partial charge in [-0.05, 0) is 37.5 Å². The van der Waals surface area contributed by atoms with E-state index in [0.29, 0.717) is 11.1 Å². The second kappa shape index (κ2) is 4.74. The van der Waals surface area contributed by atoms with Crippen molar-refractivity contribution in [1.29, 1.82) is 0 Å². The quantitative estimate of drug-likeness (QED) is 0.849. The second-order valence-corrected chi connectivity index (χ2v) is 7.20. The zero-order chi connectivity index (χ0) is 15.5. The lowest BCUT2D eigenvalue weighted by molar-refractivity contribution is 0.0746. The van der Waals surface area contributed by atoms with Gasteiger partial charge in [0, 0.05) is 42.5 Å². The molecule has 0 atom stereocenters. The average molecular weight is 318 g/mol. The number of fused-ring (bicyclic) bond motifs is 1. The van der Waals surface area contributed by atoms with E-state index in [-0.39, 0.29) is 5.91 Å². The molecule has 2 N–H and O–H groups in total. The summed E-state index contributed by atoms with van der Waals surface area (Å²) in [5.74, 6) is 0.103. The van der Waals surface area contributed by atoms with Crippen molar-refractivity contribution in [3.63, 3.8) is 0 Å². The zero-order valence-electron chi connectivity index (χ0n) is 12.9. The number of nitrogens with one attached hydrogen (secondary N) is 2. The first-order valence-corrected chi connectivity index (χ1v) is 8.16. The monoisotopic (exact) mass is 317 g/mol. The van der Waals surface area contributed by atoms with Crippen LogP contribution in [-0.4, -0.2) is 42.0 Å². The van der Waals surface area contributed by atoms with E-state index in [1.807, 2.05) is 30.9 Å². The SMILES string of the molecule is Cc1ccc2[nH]c(C(=O)N3CCC4(CNC4)C3)c(C)c2c1Cl. The molecule has 0 bridgehead atoms. The van der Waals surface area contributed by atoms with Crippen molar-refractivity contribution in [2.75, 3.05) is 26.2 Å². The van der Waals surface area contributed by atoms with Crippen molar-refractivity contribution >= 4 is 28.4 Å². The lowest BCUT2D eigenvalue weighted by Gasteiger charge is -2.38. The molecule has 2 saturated heterocycles. The molecular formula is C17H20ClN3O. The third kappa shape index (κ3) is 1.90. The molecule has 4 rings (SSSR count). The Hall–Kier alpha value is -1.52. The van der Waals surface area contributed by atoms with Gasteiger partial charge in [0.25, 0.3) is 5.91 Å². The topological polar surface area (TPSA) is 48.1 Å². The molecule has 1 aromatic heterocycles. The third-order valence-electron chi connectivity index (χ3n) is 5.28. The highest BCUT2D eigenvalue weighted by molar-refractivity contribution is 6.36. The molecular weight excluding hydrogens is 298 g/mol. The van der Waals surface area contributed by atoms with Crippen LogP contribution in [0.15, 0.2) is 12.1 Å². The maximum atomic E-state index is 12.9. The van der Waals surface area contributed by atoms with Gasteiger partial charge in [-0.3, -0.25) is 4.79 Å². The summed E-state index contributed by atoms with van der Waals surface area (Å²) in [6.45, 7) is 7.75. The number of amides is 1. The van der Waals surface area contributed by atoms with Crippen molar-refractivity contribution in [1.82, 2.24) is 15.2 Å². The molecule has 1 aromatic carbocycles. The number of carbonyl (C=O) groups is 1. The Bertz CT molecular complexity index is 776. The first-order chi connectivity index (χ1) is 10.5. The van der Waals surface area contributed by atoms with Crippen LogP contribution in [0.4, 0.5) is 0 Å². The molecule has 0 saturated carbocycles. The minimum Gasteiger partial charge on any atom is -0.350 e. The Kier molecular flexibility index (Phi) is 3.03. The van der Waals surface area contributed by atoms with Crippen LogP contribution >= 0.6 is 11.6 Å². The summed E-state index contributed by atoms with van der Waals surface area (Å²) in [6, 6.07) is 3.99. The minimum atomic E-state index is 0.103. The lowest BCUT2D eigenvalue weighted by Crippen LogP contribution is -2.55. The van der Waals surface area contributed by atoms with E-state index in [0.717, 1.165) is 59.7 Å². The van der Waals surface area contributed by atoms with Crippen molar-refractivity contribution in [2.45, 2.75) is 20.3 Å². The van der Waals surface area contributed by atoms with E-state index in [4.69, 9.17) is 11.6 Å². The fourth-order valence-electron chi connectivity index (χ4n) is 3.75. The number of rotatable bonds is 1.